The lowest BCUT2D eigenvalue weighted by Crippen LogP contribution is -2.38. The van der Waals surface area contributed by atoms with E-state index in [2.05, 4.69) is 4.40 Å². The van der Waals surface area contributed by atoms with Crippen LogP contribution in [0.15, 0.2) is 40.8 Å². The van der Waals surface area contributed by atoms with Crippen LogP contribution in [-0.4, -0.2) is 29.2 Å². The van der Waals surface area contributed by atoms with E-state index in [0.29, 0.717) is 41.1 Å². The molecule has 4 rings (SSSR count). The second-order valence-electron chi connectivity index (χ2n) is 7.85. The first-order valence-corrected chi connectivity index (χ1v) is 12.3. The maximum Gasteiger partial charge on any atom is 0.409 e. The van der Waals surface area contributed by atoms with Crippen LogP contribution in [0, 0.1) is 12.8 Å². The summed E-state index contributed by atoms with van der Waals surface area (Å²) < 4.78 is 44.6. The second kappa shape index (κ2) is 8.65. The summed E-state index contributed by atoms with van der Waals surface area (Å²) in [6.07, 6.45) is -4.40. The first-order valence-electron chi connectivity index (χ1n) is 9.59. The minimum Gasteiger partial charge on any atom is -0.294 e. The predicted molar refractivity (Wildman–Crippen MR) is 124 cm³/mol. The van der Waals surface area contributed by atoms with Crippen molar-refractivity contribution in [3.8, 4) is 0 Å². The monoisotopic (exact) mass is 503 g/mol. The zero-order chi connectivity index (χ0) is 22.4. The number of ketones is 1. The Kier molecular flexibility index (Phi) is 6.43. The fraction of sp³-hybridized carbons (Fsp3) is 0.364. The number of hydrogen-bond acceptors (Lipinski definition) is 4. The molecule has 0 bridgehead atoms. The van der Waals surface area contributed by atoms with Gasteiger partial charge in [0.2, 0.25) is 0 Å². The molecule has 2 aromatic carbocycles. The van der Waals surface area contributed by atoms with Crippen LogP contribution in [0.3, 0.4) is 0 Å². The molecule has 2 aliphatic heterocycles. The first-order chi connectivity index (χ1) is 14.6. The van der Waals surface area contributed by atoms with E-state index in [4.69, 9.17) is 23.2 Å². The molecule has 164 valence electrons. The van der Waals surface area contributed by atoms with Crippen LogP contribution < -0.4 is 0 Å². The smallest absolute Gasteiger partial charge is 0.294 e. The minimum atomic E-state index is -4.57. The lowest BCUT2D eigenvalue weighted by Gasteiger charge is -2.30. The van der Waals surface area contributed by atoms with Crippen LogP contribution in [-0.2, 0) is 4.75 Å². The van der Waals surface area contributed by atoms with Crippen LogP contribution in [0.2, 0.25) is 10.0 Å². The number of aryl methyl sites for hydroxylation is 1. The van der Waals surface area contributed by atoms with Crippen molar-refractivity contribution >= 4 is 58.4 Å². The van der Waals surface area contributed by atoms with Crippen molar-refractivity contribution in [2.45, 2.75) is 30.7 Å². The summed E-state index contributed by atoms with van der Waals surface area (Å²) in [5, 5.41) is 0.285. The molecule has 31 heavy (non-hydrogen) atoms. The fourth-order valence-electron chi connectivity index (χ4n) is 3.78. The van der Waals surface area contributed by atoms with Gasteiger partial charge in [-0.1, -0.05) is 35.3 Å². The Morgan fingerprint density at radius 2 is 1.84 bits per heavy atom. The highest BCUT2D eigenvalue weighted by Gasteiger charge is 2.60. The van der Waals surface area contributed by atoms with E-state index in [9.17, 15) is 18.0 Å². The number of Topliss-reactive ketones (excluding diaryl/α,β-unsaturated/α-hetero) is 1. The third-order valence-corrected chi connectivity index (χ3v) is 8.64. The van der Waals surface area contributed by atoms with Gasteiger partial charge in [0, 0.05) is 28.5 Å². The molecule has 0 aromatic heterocycles. The Morgan fingerprint density at radius 3 is 2.39 bits per heavy atom. The predicted octanol–water partition coefficient (Wildman–Crippen LogP) is 7.54. The Balaban J connectivity index is 1.61. The van der Waals surface area contributed by atoms with E-state index in [1.165, 1.54) is 18.2 Å². The molecule has 0 N–H and O–H groups in total. The van der Waals surface area contributed by atoms with Gasteiger partial charge < -0.3 is 0 Å². The van der Waals surface area contributed by atoms with Crippen molar-refractivity contribution in [1.29, 1.82) is 0 Å². The van der Waals surface area contributed by atoms with Crippen molar-refractivity contribution in [2.75, 3.05) is 11.5 Å². The summed E-state index contributed by atoms with van der Waals surface area (Å²) in [5.41, 5.74) is 2.26. The first kappa shape index (κ1) is 23.0. The fourth-order valence-corrected chi connectivity index (χ4v) is 6.07. The maximum atomic E-state index is 14.2. The lowest BCUT2D eigenvalue weighted by atomic mass is 9.88. The van der Waals surface area contributed by atoms with E-state index >= 15 is 0 Å². The minimum absolute atomic E-state index is 0.0249. The molecular weight excluding hydrogens is 486 g/mol. The highest BCUT2D eigenvalue weighted by atomic mass is 35.5. The molecule has 0 aliphatic carbocycles. The highest BCUT2D eigenvalue weighted by molar-refractivity contribution is 8.00. The van der Waals surface area contributed by atoms with Gasteiger partial charge in [0.1, 0.15) is 0 Å². The van der Waals surface area contributed by atoms with Crippen molar-refractivity contribution in [1.82, 2.24) is 0 Å². The summed E-state index contributed by atoms with van der Waals surface area (Å²) in [6.45, 7) is 1.81. The Hall–Kier alpha value is -1.15. The topological polar surface area (TPSA) is 29.4 Å². The van der Waals surface area contributed by atoms with Gasteiger partial charge in [-0.05, 0) is 77.3 Å². The van der Waals surface area contributed by atoms with Crippen LogP contribution >= 0.6 is 46.9 Å². The number of alkyl halides is 3. The van der Waals surface area contributed by atoms with Gasteiger partial charge in [-0.2, -0.15) is 24.9 Å². The van der Waals surface area contributed by atoms with Gasteiger partial charge >= 0.3 is 6.18 Å². The molecule has 0 saturated carbocycles. The maximum absolute atomic E-state index is 14.2. The van der Waals surface area contributed by atoms with E-state index < -0.39 is 10.9 Å². The Morgan fingerprint density at radius 1 is 1.16 bits per heavy atom. The molecule has 0 spiro atoms. The summed E-state index contributed by atoms with van der Waals surface area (Å²) in [4.78, 5) is 12.6. The summed E-state index contributed by atoms with van der Waals surface area (Å²) in [7, 11) is 0. The van der Waals surface area contributed by atoms with Crippen LogP contribution in [0.4, 0.5) is 13.2 Å². The van der Waals surface area contributed by atoms with E-state index in [1.807, 2.05) is 18.7 Å². The number of hydrogen-bond donors (Lipinski definition) is 0. The molecule has 2 heterocycles. The van der Waals surface area contributed by atoms with Gasteiger partial charge in [0.25, 0.3) is 0 Å². The van der Waals surface area contributed by atoms with E-state index in [-0.39, 0.29) is 27.8 Å². The SMILES string of the molecule is Cc1cc(C2=NSC(c3cc(Cl)cc(Cl)c3)(C(F)(F)F)C2)ccc1C(=O)CC1CSC1. The van der Waals surface area contributed by atoms with Crippen molar-refractivity contribution in [3.63, 3.8) is 0 Å². The molecule has 0 radical (unpaired) electrons. The molecule has 1 saturated heterocycles. The van der Waals surface area contributed by atoms with Crippen LogP contribution in [0.1, 0.15) is 39.9 Å². The molecule has 2 nitrogen and oxygen atoms in total. The number of thioether (sulfide) groups is 1. The summed E-state index contributed by atoms with van der Waals surface area (Å²) in [5.74, 6) is 2.51. The largest absolute Gasteiger partial charge is 0.409 e. The standard InChI is InChI=1S/C22H18Cl2F3NOS2/c1-12-4-14(2-3-18(12)20(29)5-13-10-30-11-13)19-9-21(31-28-19,22(25,26)27)15-6-16(23)8-17(24)7-15/h2-4,6-8,13H,5,9-11H2,1H3. The summed E-state index contributed by atoms with van der Waals surface area (Å²) in [6, 6.07) is 9.12. The zero-order valence-electron chi connectivity index (χ0n) is 16.4. The number of carbonyl (C=O) groups is 1. The van der Waals surface area contributed by atoms with Gasteiger partial charge in [-0.25, -0.2) is 4.40 Å². The molecule has 1 unspecified atom stereocenters. The number of carbonyl (C=O) groups excluding carboxylic acids is 1. The van der Waals surface area contributed by atoms with Crippen molar-refractivity contribution in [3.05, 3.63) is 68.7 Å². The average molecular weight is 504 g/mol. The molecule has 1 atom stereocenters. The zero-order valence-corrected chi connectivity index (χ0v) is 19.6. The molecule has 2 aromatic rings. The van der Waals surface area contributed by atoms with Crippen LogP contribution in [0.5, 0.6) is 0 Å². The third kappa shape index (κ3) is 4.52. The van der Waals surface area contributed by atoms with Gasteiger partial charge in [0.05, 0.1) is 5.71 Å². The number of benzene rings is 2. The van der Waals surface area contributed by atoms with Crippen molar-refractivity contribution in [2.24, 2.45) is 10.3 Å². The van der Waals surface area contributed by atoms with Crippen molar-refractivity contribution < 1.29 is 18.0 Å². The molecule has 9 heteroatoms. The van der Waals surface area contributed by atoms with E-state index in [1.54, 1.807) is 18.2 Å². The molecule has 1 fully saturated rings. The van der Waals surface area contributed by atoms with Crippen LogP contribution in [0.25, 0.3) is 0 Å². The molecule has 0 amide bonds. The van der Waals surface area contributed by atoms with Gasteiger partial charge in [-0.15, -0.1) is 0 Å². The van der Waals surface area contributed by atoms with Gasteiger partial charge in [0.15, 0.2) is 10.5 Å². The third-order valence-electron chi connectivity index (χ3n) is 5.56. The Labute approximate surface area is 197 Å². The number of halogens is 5. The Bertz CT molecular complexity index is 1050. The number of nitrogens with zero attached hydrogens (tertiary/aromatic N) is 1. The molecule has 2 aliphatic rings. The number of rotatable bonds is 5. The summed E-state index contributed by atoms with van der Waals surface area (Å²) >= 11 is 14.3. The van der Waals surface area contributed by atoms with Gasteiger partial charge in [-0.3, -0.25) is 4.79 Å². The quantitative estimate of drug-likeness (QED) is 0.311. The lowest BCUT2D eigenvalue weighted by molar-refractivity contribution is -0.159. The normalized spacial score (nSPS) is 21.7. The highest BCUT2D eigenvalue weighted by Crippen LogP contribution is 2.57. The van der Waals surface area contributed by atoms with E-state index in [0.717, 1.165) is 17.1 Å². The molecular formula is C22H18Cl2F3NOS2. The average Bonchev–Trinajstić information content (AvgIpc) is 3.10. The second-order valence-corrected chi connectivity index (χ2v) is 10.9.